The third-order valence-electron chi connectivity index (χ3n) is 4.49. The minimum Gasteiger partial charge on any atom is -0.398 e. The van der Waals surface area contributed by atoms with Gasteiger partial charge < -0.3 is 11.1 Å². The number of para-hydroxylation sites is 1. The molecule has 1 atom stereocenters. The summed E-state index contributed by atoms with van der Waals surface area (Å²) in [5, 5.41) is 2.97. The number of nitrogens with zero attached hydrogens (tertiary/aromatic N) is 1. The largest absolute Gasteiger partial charge is 0.398 e. The molecule has 1 unspecified atom stereocenters. The third-order valence-corrected chi connectivity index (χ3v) is 4.49. The number of nitrogen functional groups attached to an aromatic ring is 1. The number of benzene rings is 2. The van der Waals surface area contributed by atoms with Crippen molar-refractivity contribution in [2.45, 2.75) is 25.4 Å². The molecule has 3 rings (SSSR count). The molecule has 1 amide bonds. The summed E-state index contributed by atoms with van der Waals surface area (Å²) in [6.45, 7) is 1.48. The summed E-state index contributed by atoms with van der Waals surface area (Å²) in [4.78, 5) is 14.3. The number of hydrogen-bond acceptors (Lipinski definition) is 3. The van der Waals surface area contributed by atoms with Crippen LogP contribution < -0.4 is 11.1 Å². The monoisotopic (exact) mass is 345 g/mol. The third kappa shape index (κ3) is 4.14. The van der Waals surface area contributed by atoms with Crippen molar-refractivity contribution < 1.29 is 13.6 Å². The summed E-state index contributed by atoms with van der Waals surface area (Å²) in [5.74, 6) is -1.30. The average molecular weight is 345 g/mol. The predicted molar refractivity (Wildman–Crippen MR) is 93.0 cm³/mol. The van der Waals surface area contributed by atoms with E-state index in [0.717, 1.165) is 19.4 Å². The van der Waals surface area contributed by atoms with Crippen LogP contribution in [0, 0.1) is 11.6 Å². The highest BCUT2D eigenvalue weighted by atomic mass is 19.1. The van der Waals surface area contributed by atoms with Crippen molar-refractivity contribution in [2.24, 2.45) is 0 Å². The minimum absolute atomic E-state index is 0.0711. The van der Waals surface area contributed by atoms with Crippen molar-refractivity contribution in [1.82, 2.24) is 10.2 Å². The number of amides is 1. The molecule has 0 aromatic heterocycles. The molecule has 2 aromatic rings. The first kappa shape index (κ1) is 17.4. The Kier molecular flexibility index (Phi) is 5.28. The van der Waals surface area contributed by atoms with E-state index in [4.69, 9.17) is 5.73 Å². The zero-order chi connectivity index (χ0) is 17.8. The Morgan fingerprint density at radius 2 is 1.88 bits per heavy atom. The second-order valence-electron chi connectivity index (χ2n) is 6.34. The maximum atomic E-state index is 13.8. The smallest absolute Gasteiger partial charge is 0.253 e. The fourth-order valence-corrected chi connectivity index (χ4v) is 3.19. The van der Waals surface area contributed by atoms with Gasteiger partial charge in [0.2, 0.25) is 0 Å². The van der Waals surface area contributed by atoms with Crippen molar-refractivity contribution >= 4 is 11.6 Å². The molecule has 1 saturated heterocycles. The standard InChI is InChI=1S/C19H21F2N3O/c20-16-7-3-8-17(21)15(16)12-24-10-4-5-13(11-24)23-19(25)14-6-1-2-9-18(14)22/h1-3,6-9,13H,4-5,10-12,22H2,(H,23,25). The molecule has 0 radical (unpaired) electrons. The molecular weight excluding hydrogens is 324 g/mol. The van der Waals surface area contributed by atoms with Crippen LogP contribution in [0.15, 0.2) is 42.5 Å². The Balaban J connectivity index is 1.63. The van der Waals surface area contributed by atoms with Crippen molar-refractivity contribution in [1.29, 1.82) is 0 Å². The topological polar surface area (TPSA) is 58.4 Å². The number of anilines is 1. The van der Waals surface area contributed by atoms with Crippen molar-refractivity contribution in [2.75, 3.05) is 18.8 Å². The van der Waals surface area contributed by atoms with Crippen LogP contribution in [0.2, 0.25) is 0 Å². The first-order valence-electron chi connectivity index (χ1n) is 8.35. The Morgan fingerprint density at radius 1 is 1.16 bits per heavy atom. The van der Waals surface area contributed by atoms with E-state index in [-0.39, 0.29) is 24.1 Å². The van der Waals surface area contributed by atoms with E-state index in [1.807, 2.05) is 4.90 Å². The molecule has 132 valence electrons. The van der Waals surface area contributed by atoms with Gasteiger partial charge in [0.15, 0.2) is 0 Å². The van der Waals surface area contributed by atoms with E-state index in [9.17, 15) is 13.6 Å². The highest BCUT2D eigenvalue weighted by Gasteiger charge is 2.24. The van der Waals surface area contributed by atoms with Crippen LogP contribution in [0.25, 0.3) is 0 Å². The number of hydrogen-bond donors (Lipinski definition) is 2. The summed E-state index contributed by atoms with van der Waals surface area (Å²) in [5.41, 5.74) is 6.78. The van der Waals surface area contributed by atoms with Gasteiger partial charge in [-0.3, -0.25) is 9.69 Å². The van der Waals surface area contributed by atoms with Gasteiger partial charge in [-0.05, 0) is 43.7 Å². The van der Waals surface area contributed by atoms with Crippen molar-refractivity contribution in [3.8, 4) is 0 Å². The number of piperidine rings is 1. The molecule has 0 spiro atoms. The molecule has 4 nitrogen and oxygen atoms in total. The van der Waals surface area contributed by atoms with Gasteiger partial charge in [0.25, 0.3) is 5.91 Å². The molecule has 25 heavy (non-hydrogen) atoms. The fourth-order valence-electron chi connectivity index (χ4n) is 3.19. The maximum absolute atomic E-state index is 13.8. The van der Waals surface area contributed by atoms with E-state index >= 15 is 0 Å². The van der Waals surface area contributed by atoms with Gasteiger partial charge in [-0.25, -0.2) is 8.78 Å². The molecule has 1 aliphatic heterocycles. The summed E-state index contributed by atoms with van der Waals surface area (Å²) in [7, 11) is 0. The van der Waals surface area contributed by atoms with E-state index in [0.29, 0.717) is 17.8 Å². The van der Waals surface area contributed by atoms with Gasteiger partial charge >= 0.3 is 0 Å². The highest BCUT2D eigenvalue weighted by molar-refractivity contribution is 5.99. The predicted octanol–water partition coefficient (Wildman–Crippen LogP) is 2.94. The molecule has 2 aromatic carbocycles. The Hall–Kier alpha value is -2.47. The van der Waals surface area contributed by atoms with E-state index in [1.165, 1.54) is 18.2 Å². The van der Waals surface area contributed by atoms with Crippen LogP contribution in [0.3, 0.4) is 0 Å². The number of rotatable bonds is 4. The Morgan fingerprint density at radius 3 is 2.60 bits per heavy atom. The van der Waals surface area contributed by atoms with Crippen LogP contribution in [-0.2, 0) is 6.54 Å². The van der Waals surface area contributed by atoms with Gasteiger partial charge in [0.1, 0.15) is 11.6 Å². The summed E-state index contributed by atoms with van der Waals surface area (Å²) in [6, 6.07) is 10.7. The highest BCUT2D eigenvalue weighted by Crippen LogP contribution is 2.19. The number of carbonyl (C=O) groups is 1. The summed E-state index contributed by atoms with van der Waals surface area (Å²) in [6.07, 6.45) is 1.68. The quantitative estimate of drug-likeness (QED) is 0.838. The molecule has 3 N–H and O–H groups in total. The van der Waals surface area contributed by atoms with E-state index in [2.05, 4.69) is 5.32 Å². The zero-order valence-electron chi connectivity index (χ0n) is 13.8. The van der Waals surface area contributed by atoms with Crippen LogP contribution in [0.5, 0.6) is 0 Å². The van der Waals surface area contributed by atoms with Crippen molar-refractivity contribution in [3.63, 3.8) is 0 Å². The SMILES string of the molecule is Nc1ccccc1C(=O)NC1CCCN(Cc2c(F)cccc2F)C1. The summed E-state index contributed by atoms with van der Waals surface area (Å²) < 4.78 is 27.7. The number of carbonyl (C=O) groups excluding carboxylic acids is 1. The van der Waals surface area contributed by atoms with Gasteiger partial charge in [0.05, 0.1) is 5.56 Å². The molecule has 0 aliphatic carbocycles. The van der Waals surface area contributed by atoms with Crippen LogP contribution in [0.4, 0.5) is 14.5 Å². The summed E-state index contributed by atoms with van der Waals surface area (Å²) >= 11 is 0. The fraction of sp³-hybridized carbons (Fsp3) is 0.316. The molecule has 1 fully saturated rings. The van der Waals surface area contributed by atoms with Crippen LogP contribution in [-0.4, -0.2) is 29.9 Å². The lowest BCUT2D eigenvalue weighted by atomic mass is 10.0. The van der Waals surface area contributed by atoms with Crippen LogP contribution in [0.1, 0.15) is 28.8 Å². The van der Waals surface area contributed by atoms with Gasteiger partial charge in [-0.2, -0.15) is 0 Å². The second-order valence-corrected chi connectivity index (χ2v) is 6.34. The number of nitrogens with two attached hydrogens (primary N) is 1. The molecule has 1 aliphatic rings. The number of halogens is 2. The average Bonchev–Trinajstić information content (AvgIpc) is 2.59. The Labute approximate surface area is 145 Å². The Bertz CT molecular complexity index is 746. The number of nitrogens with one attached hydrogen (secondary N) is 1. The van der Waals surface area contributed by atoms with Crippen LogP contribution >= 0.6 is 0 Å². The van der Waals surface area contributed by atoms with Gasteiger partial charge in [-0.1, -0.05) is 18.2 Å². The van der Waals surface area contributed by atoms with E-state index < -0.39 is 11.6 Å². The molecular formula is C19H21F2N3O. The molecule has 0 bridgehead atoms. The molecule has 6 heteroatoms. The normalized spacial score (nSPS) is 18.1. The second kappa shape index (κ2) is 7.61. The van der Waals surface area contributed by atoms with Gasteiger partial charge in [-0.15, -0.1) is 0 Å². The lowest BCUT2D eigenvalue weighted by Gasteiger charge is -2.33. The van der Waals surface area contributed by atoms with Crippen molar-refractivity contribution in [3.05, 3.63) is 65.2 Å². The lowest BCUT2D eigenvalue weighted by Crippen LogP contribution is -2.47. The maximum Gasteiger partial charge on any atom is 0.253 e. The first-order chi connectivity index (χ1) is 12.0. The molecule has 0 saturated carbocycles. The van der Waals surface area contributed by atoms with E-state index in [1.54, 1.807) is 24.3 Å². The van der Waals surface area contributed by atoms with Gasteiger partial charge in [0, 0.05) is 30.4 Å². The minimum atomic E-state index is -0.539. The lowest BCUT2D eigenvalue weighted by molar-refractivity contribution is 0.0900. The molecule has 1 heterocycles. The number of likely N-dealkylation sites (tertiary alicyclic amines) is 1. The zero-order valence-corrected chi connectivity index (χ0v) is 13.8. The first-order valence-corrected chi connectivity index (χ1v) is 8.35.